The van der Waals surface area contributed by atoms with Gasteiger partial charge in [-0.15, -0.1) is 0 Å². The van der Waals surface area contributed by atoms with Crippen LogP contribution in [-0.2, 0) is 9.71 Å². The number of alkyl halides is 4. The maximum atomic E-state index is 14.9. The number of piperidine rings is 1. The Hall–Kier alpha value is -3.06. The number of pyridine rings is 1. The van der Waals surface area contributed by atoms with Crippen LogP contribution in [0.3, 0.4) is 0 Å². The van der Waals surface area contributed by atoms with E-state index in [1.54, 1.807) is 12.3 Å². The molecule has 3 atom stereocenters. The molecule has 3 heterocycles. The number of fused-ring (bicyclic) bond motifs is 1. The fourth-order valence-corrected chi connectivity index (χ4v) is 5.41. The van der Waals surface area contributed by atoms with Crippen LogP contribution in [0.15, 0.2) is 30.5 Å². The summed E-state index contributed by atoms with van der Waals surface area (Å²) < 4.78 is 80.8. The van der Waals surface area contributed by atoms with Gasteiger partial charge in [0.1, 0.15) is 17.5 Å². The molecule has 4 rings (SSSR count). The molecule has 7 nitrogen and oxygen atoms in total. The third-order valence-corrected chi connectivity index (χ3v) is 7.56. The molecule has 1 fully saturated rings. The third kappa shape index (κ3) is 7.07. The number of nitrogens with one attached hydrogen (secondary N) is 3. The molecule has 0 bridgehead atoms. The second kappa shape index (κ2) is 11.0. The molecule has 1 aliphatic rings. The molecule has 1 aliphatic heterocycles. The second-order valence-corrected chi connectivity index (χ2v) is 11.9. The Morgan fingerprint density at radius 3 is 2.63 bits per heavy atom. The normalized spacial score (nSPS) is 19.9. The fourth-order valence-electron chi connectivity index (χ4n) is 4.18. The summed E-state index contributed by atoms with van der Waals surface area (Å²) in [5, 5.41) is 6.19. The first kappa shape index (κ1) is 28.0. The van der Waals surface area contributed by atoms with E-state index in [4.69, 9.17) is 0 Å². The van der Waals surface area contributed by atoms with Crippen LogP contribution in [0.2, 0.25) is 0 Å². The van der Waals surface area contributed by atoms with E-state index >= 15 is 0 Å². The first-order valence-corrected chi connectivity index (χ1v) is 14.0. The van der Waals surface area contributed by atoms with Crippen molar-refractivity contribution < 1.29 is 26.2 Å². The highest BCUT2D eigenvalue weighted by Gasteiger charge is 2.28. The average Bonchev–Trinajstić information content (AvgIpc) is 2.83. The summed E-state index contributed by atoms with van der Waals surface area (Å²) in [7, 11) is -3.41. The number of aromatic nitrogens is 3. The van der Waals surface area contributed by atoms with Gasteiger partial charge in [-0.3, -0.25) is 0 Å². The molecule has 1 unspecified atom stereocenters. The van der Waals surface area contributed by atoms with Crippen LogP contribution in [0.4, 0.5) is 33.6 Å². The van der Waals surface area contributed by atoms with E-state index in [1.165, 1.54) is 18.2 Å². The standard InChI is InChI=1S/C25H29F5N6OS/c1-14(2)18-10-21(15-4-5-20(19(27)8-15)36-38(3,37)7-6-25(28,29)30)34-22-13-32-24(35-23(18)22)33-17-9-16(26)11-31-12-17/h4-5,8,10,13-14,16-17,31H,3,6-7,9,11-12H2,1-2H3,(H,36,37)(H,32,33,35)/t16-,17-,38?/m0/s1. The molecule has 3 N–H and O–H groups in total. The quantitative estimate of drug-likeness (QED) is 0.265. The van der Waals surface area contributed by atoms with Crippen molar-refractivity contribution in [1.29, 1.82) is 0 Å². The van der Waals surface area contributed by atoms with Gasteiger partial charge in [-0.05, 0) is 35.6 Å². The maximum absolute atomic E-state index is 14.9. The van der Waals surface area contributed by atoms with Crippen LogP contribution >= 0.6 is 0 Å². The number of benzene rings is 1. The predicted octanol–water partition coefficient (Wildman–Crippen LogP) is 5.06. The minimum Gasteiger partial charge on any atom is -0.350 e. The lowest BCUT2D eigenvalue weighted by Crippen LogP contribution is -2.44. The van der Waals surface area contributed by atoms with Crippen molar-refractivity contribution in [3.05, 3.63) is 41.8 Å². The molecule has 3 aromatic rings. The minimum absolute atomic E-state index is 0.0313. The van der Waals surface area contributed by atoms with E-state index in [1.807, 2.05) is 13.8 Å². The topological polar surface area (TPSA) is 91.8 Å². The third-order valence-electron chi connectivity index (χ3n) is 6.10. The van der Waals surface area contributed by atoms with E-state index in [9.17, 15) is 26.2 Å². The molecule has 38 heavy (non-hydrogen) atoms. The van der Waals surface area contributed by atoms with Gasteiger partial charge in [0, 0.05) is 46.6 Å². The lowest BCUT2D eigenvalue weighted by molar-refractivity contribution is -0.129. The molecule has 1 aromatic carbocycles. The summed E-state index contributed by atoms with van der Waals surface area (Å²) in [4.78, 5) is 13.5. The van der Waals surface area contributed by atoms with Gasteiger partial charge in [0.15, 0.2) is 0 Å². The first-order chi connectivity index (χ1) is 17.8. The molecule has 1 saturated heterocycles. The summed E-state index contributed by atoms with van der Waals surface area (Å²) in [6.45, 7) is 4.88. The van der Waals surface area contributed by atoms with Crippen molar-refractivity contribution in [2.75, 3.05) is 28.9 Å². The van der Waals surface area contributed by atoms with Gasteiger partial charge in [0.25, 0.3) is 0 Å². The summed E-state index contributed by atoms with van der Waals surface area (Å²) in [5.41, 5.74) is 2.58. The maximum Gasteiger partial charge on any atom is 0.390 e. The Morgan fingerprint density at radius 2 is 1.97 bits per heavy atom. The van der Waals surface area contributed by atoms with E-state index < -0.39 is 40.0 Å². The summed E-state index contributed by atoms with van der Waals surface area (Å²) >= 11 is 0. The number of hydrogen-bond acceptors (Lipinski definition) is 6. The molecule has 0 aliphatic carbocycles. The van der Waals surface area contributed by atoms with Crippen molar-refractivity contribution in [2.24, 2.45) is 0 Å². The van der Waals surface area contributed by atoms with E-state index in [0.717, 1.165) is 5.56 Å². The first-order valence-electron chi connectivity index (χ1n) is 12.1. The van der Waals surface area contributed by atoms with Gasteiger partial charge in [0.05, 0.1) is 29.5 Å². The molecule has 0 spiro atoms. The second-order valence-electron chi connectivity index (χ2n) is 9.69. The lowest BCUT2D eigenvalue weighted by Gasteiger charge is -2.26. The van der Waals surface area contributed by atoms with Gasteiger partial charge >= 0.3 is 6.18 Å². The molecule has 0 radical (unpaired) electrons. The van der Waals surface area contributed by atoms with E-state index in [-0.39, 0.29) is 17.6 Å². The van der Waals surface area contributed by atoms with Gasteiger partial charge in [-0.2, -0.15) is 13.2 Å². The highest BCUT2D eigenvalue weighted by atomic mass is 32.2. The Kier molecular flexibility index (Phi) is 8.07. The van der Waals surface area contributed by atoms with Gasteiger partial charge in [-0.25, -0.2) is 27.9 Å². The fraction of sp³-hybridized carbons (Fsp3) is 0.440. The Morgan fingerprint density at radius 1 is 1.21 bits per heavy atom. The van der Waals surface area contributed by atoms with Crippen LogP contribution in [0.5, 0.6) is 0 Å². The zero-order chi connectivity index (χ0) is 27.7. The number of halogens is 5. The number of anilines is 2. The van der Waals surface area contributed by atoms with Crippen molar-refractivity contribution in [3.8, 4) is 11.3 Å². The number of nitrogens with zero attached hydrogens (tertiary/aromatic N) is 3. The largest absolute Gasteiger partial charge is 0.390 e. The van der Waals surface area contributed by atoms with Crippen molar-refractivity contribution in [2.45, 2.75) is 51.0 Å². The SMILES string of the molecule is C=S(=O)(CCC(F)(F)F)Nc1ccc(-c2cc(C(C)C)c3nc(N[C@@H]4CNC[C@@H](F)C4)ncc3n2)cc1F. The summed E-state index contributed by atoms with van der Waals surface area (Å²) in [5.74, 6) is 2.11. The van der Waals surface area contributed by atoms with Crippen LogP contribution in [0.1, 0.15) is 38.2 Å². The summed E-state index contributed by atoms with van der Waals surface area (Å²) in [6, 6.07) is 5.63. The molecular formula is C25H29F5N6OS. The molecule has 0 amide bonds. The highest BCUT2D eigenvalue weighted by Crippen LogP contribution is 2.31. The van der Waals surface area contributed by atoms with Crippen LogP contribution in [0.25, 0.3) is 22.3 Å². The zero-order valence-electron chi connectivity index (χ0n) is 20.9. The van der Waals surface area contributed by atoms with Crippen LogP contribution < -0.4 is 15.4 Å². The zero-order valence-corrected chi connectivity index (χ0v) is 21.7. The monoisotopic (exact) mass is 556 g/mol. The van der Waals surface area contributed by atoms with Gasteiger partial charge in [-0.1, -0.05) is 19.9 Å². The van der Waals surface area contributed by atoms with Gasteiger partial charge in [0.2, 0.25) is 5.95 Å². The highest BCUT2D eigenvalue weighted by molar-refractivity contribution is 8.01. The molecule has 13 heteroatoms. The average molecular weight is 557 g/mol. The minimum atomic E-state index is -4.49. The van der Waals surface area contributed by atoms with E-state index in [0.29, 0.717) is 47.7 Å². The number of hydrogen-bond donors (Lipinski definition) is 3. The van der Waals surface area contributed by atoms with Gasteiger partial charge < -0.3 is 15.4 Å². The van der Waals surface area contributed by atoms with Crippen molar-refractivity contribution >= 4 is 38.2 Å². The van der Waals surface area contributed by atoms with Crippen molar-refractivity contribution in [1.82, 2.24) is 20.3 Å². The Bertz CT molecular complexity index is 1410. The molecule has 0 saturated carbocycles. The van der Waals surface area contributed by atoms with Crippen molar-refractivity contribution in [3.63, 3.8) is 0 Å². The van der Waals surface area contributed by atoms with E-state index in [2.05, 4.69) is 36.2 Å². The molecular weight excluding hydrogens is 527 g/mol. The lowest BCUT2D eigenvalue weighted by atomic mass is 9.99. The predicted molar refractivity (Wildman–Crippen MR) is 141 cm³/mol. The van der Waals surface area contributed by atoms with Crippen LogP contribution in [0, 0.1) is 5.82 Å². The number of rotatable bonds is 8. The van der Waals surface area contributed by atoms with Crippen LogP contribution in [-0.4, -0.2) is 62.3 Å². The smallest absolute Gasteiger partial charge is 0.350 e. The Balaban J connectivity index is 1.60. The molecule has 2 aromatic heterocycles. The molecule has 206 valence electrons. The summed E-state index contributed by atoms with van der Waals surface area (Å²) in [6.07, 6.45) is -4.84. The Labute approximate surface area is 217 Å².